The molecule has 0 aromatic heterocycles. The Kier molecular flexibility index (Phi) is 6.83. The second-order valence-electron chi connectivity index (χ2n) is 7.17. The van der Waals surface area contributed by atoms with E-state index < -0.39 is 14.9 Å². The molecular weight excluding hydrogens is 392 g/mol. The van der Waals surface area contributed by atoms with Crippen LogP contribution in [0.5, 0.6) is 0 Å². The van der Waals surface area contributed by atoms with E-state index in [2.05, 4.69) is 45.7 Å². The second-order valence-corrected chi connectivity index (χ2v) is 8.94. The fourth-order valence-electron chi connectivity index (χ4n) is 3.41. The number of nitro benzene ring substituents is 1. The highest BCUT2D eigenvalue weighted by molar-refractivity contribution is 7.89. The SMILES string of the molecule is Cc1cccc(N2CCN(CCCNS(=O)(=O)c3cccc([N+](=O)[O-])c3)CC2)c1. The van der Waals surface area contributed by atoms with Crippen molar-refractivity contribution in [3.63, 3.8) is 0 Å². The highest BCUT2D eigenvalue weighted by atomic mass is 32.2. The molecule has 8 nitrogen and oxygen atoms in total. The highest BCUT2D eigenvalue weighted by Crippen LogP contribution is 2.18. The van der Waals surface area contributed by atoms with Crippen LogP contribution in [-0.2, 0) is 10.0 Å². The Morgan fingerprint density at radius 2 is 1.79 bits per heavy atom. The first-order valence-electron chi connectivity index (χ1n) is 9.63. The molecule has 2 aromatic rings. The summed E-state index contributed by atoms with van der Waals surface area (Å²) in [5.41, 5.74) is 2.26. The average molecular weight is 419 g/mol. The molecule has 0 radical (unpaired) electrons. The maximum absolute atomic E-state index is 12.3. The Morgan fingerprint density at radius 1 is 1.07 bits per heavy atom. The molecule has 156 valence electrons. The van der Waals surface area contributed by atoms with Gasteiger partial charge in [-0.2, -0.15) is 0 Å². The number of nitro groups is 1. The zero-order chi connectivity index (χ0) is 20.9. The van der Waals surface area contributed by atoms with Crippen molar-refractivity contribution in [1.29, 1.82) is 0 Å². The second kappa shape index (κ2) is 9.34. The Hall–Kier alpha value is -2.49. The van der Waals surface area contributed by atoms with Gasteiger partial charge < -0.3 is 4.90 Å². The van der Waals surface area contributed by atoms with E-state index in [1.807, 2.05) is 0 Å². The fraction of sp³-hybridized carbons (Fsp3) is 0.400. The van der Waals surface area contributed by atoms with Gasteiger partial charge in [-0.1, -0.05) is 18.2 Å². The number of nitrogens with one attached hydrogen (secondary N) is 1. The molecule has 1 aliphatic heterocycles. The van der Waals surface area contributed by atoms with E-state index in [9.17, 15) is 18.5 Å². The van der Waals surface area contributed by atoms with Gasteiger partial charge in [0, 0.05) is 50.5 Å². The van der Waals surface area contributed by atoms with Gasteiger partial charge in [0.15, 0.2) is 0 Å². The van der Waals surface area contributed by atoms with Gasteiger partial charge in [-0.3, -0.25) is 15.0 Å². The smallest absolute Gasteiger partial charge is 0.270 e. The molecule has 0 aliphatic carbocycles. The number of hydrogen-bond donors (Lipinski definition) is 1. The lowest BCUT2D eigenvalue weighted by atomic mass is 10.2. The summed E-state index contributed by atoms with van der Waals surface area (Å²) >= 11 is 0. The zero-order valence-corrected chi connectivity index (χ0v) is 17.3. The molecule has 0 spiro atoms. The molecule has 1 fully saturated rings. The van der Waals surface area contributed by atoms with Crippen molar-refractivity contribution in [3.8, 4) is 0 Å². The van der Waals surface area contributed by atoms with Gasteiger partial charge in [0.1, 0.15) is 0 Å². The fourth-order valence-corrected chi connectivity index (χ4v) is 4.52. The molecule has 1 heterocycles. The number of sulfonamides is 1. The number of aryl methyl sites for hydroxylation is 1. The highest BCUT2D eigenvalue weighted by Gasteiger charge is 2.19. The number of rotatable bonds is 8. The van der Waals surface area contributed by atoms with Gasteiger partial charge in [-0.15, -0.1) is 0 Å². The molecule has 1 saturated heterocycles. The van der Waals surface area contributed by atoms with Crippen LogP contribution in [0, 0.1) is 17.0 Å². The van der Waals surface area contributed by atoms with Crippen molar-refractivity contribution in [2.75, 3.05) is 44.2 Å². The van der Waals surface area contributed by atoms with Crippen molar-refractivity contribution >= 4 is 21.4 Å². The number of anilines is 1. The summed E-state index contributed by atoms with van der Waals surface area (Å²) in [6.45, 7) is 6.96. The Morgan fingerprint density at radius 3 is 2.48 bits per heavy atom. The first-order valence-corrected chi connectivity index (χ1v) is 11.1. The molecule has 9 heteroatoms. The zero-order valence-electron chi connectivity index (χ0n) is 16.5. The Balaban J connectivity index is 1.43. The summed E-state index contributed by atoms with van der Waals surface area (Å²) in [5, 5.41) is 10.8. The summed E-state index contributed by atoms with van der Waals surface area (Å²) in [6.07, 6.45) is 0.679. The molecule has 0 atom stereocenters. The quantitative estimate of drug-likeness (QED) is 0.402. The van der Waals surface area contributed by atoms with Crippen molar-refractivity contribution < 1.29 is 13.3 Å². The Labute approximate surface area is 171 Å². The largest absolute Gasteiger partial charge is 0.369 e. The third-order valence-electron chi connectivity index (χ3n) is 5.02. The van der Waals surface area contributed by atoms with E-state index in [-0.39, 0.29) is 10.6 Å². The molecule has 29 heavy (non-hydrogen) atoms. The predicted molar refractivity (Wildman–Crippen MR) is 113 cm³/mol. The van der Waals surface area contributed by atoms with E-state index in [1.54, 1.807) is 0 Å². The van der Waals surface area contributed by atoms with Crippen LogP contribution in [0.15, 0.2) is 53.4 Å². The standard InChI is InChI=1S/C20H26N4O4S/c1-17-5-2-6-18(15-17)23-13-11-22(12-14-23)10-4-9-21-29(27,28)20-8-3-7-19(16-20)24(25)26/h2-3,5-8,15-16,21H,4,9-14H2,1H3. The minimum Gasteiger partial charge on any atom is -0.369 e. The van der Waals surface area contributed by atoms with Crippen LogP contribution < -0.4 is 9.62 Å². The van der Waals surface area contributed by atoms with Crippen LogP contribution in [0.25, 0.3) is 0 Å². The normalized spacial score (nSPS) is 15.4. The third-order valence-corrected chi connectivity index (χ3v) is 6.48. The van der Waals surface area contributed by atoms with Crippen molar-refractivity contribution in [2.24, 2.45) is 0 Å². The minimum absolute atomic E-state index is 0.0848. The number of nitrogens with zero attached hydrogens (tertiary/aromatic N) is 3. The van der Waals surface area contributed by atoms with E-state index in [0.29, 0.717) is 13.0 Å². The topological polar surface area (TPSA) is 95.8 Å². The van der Waals surface area contributed by atoms with Crippen molar-refractivity contribution in [3.05, 3.63) is 64.2 Å². The molecule has 1 N–H and O–H groups in total. The molecule has 0 bridgehead atoms. The third kappa shape index (κ3) is 5.75. The van der Waals surface area contributed by atoms with Gasteiger partial charge in [0.25, 0.3) is 5.69 Å². The van der Waals surface area contributed by atoms with Gasteiger partial charge in [0.05, 0.1) is 9.82 Å². The number of piperazine rings is 1. The van der Waals surface area contributed by atoms with Crippen molar-refractivity contribution in [2.45, 2.75) is 18.2 Å². The van der Waals surface area contributed by atoms with Crippen LogP contribution in [0.2, 0.25) is 0 Å². The van der Waals surface area contributed by atoms with E-state index >= 15 is 0 Å². The van der Waals surface area contributed by atoms with Gasteiger partial charge in [-0.25, -0.2) is 13.1 Å². The summed E-state index contributed by atoms with van der Waals surface area (Å²) in [7, 11) is -3.75. The lowest BCUT2D eigenvalue weighted by Gasteiger charge is -2.36. The molecule has 0 saturated carbocycles. The summed E-state index contributed by atoms with van der Waals surface area (Å²) in [5.74, 6) is 0. The molecule has 3 rings (SSSR count). The molecular formula is C20H26N4O4S. The van der Waals surface area contributed by atoms with Crippen LogP contribution in [-0.4, -0.2) is 57.5 Å². The van der Waals surface area contributed by atoms with Crippen LogP contribution in [0.3, 0.4) is 0 Å². The van der Waals surface area contributed by atoms with Crippen LogP contribution in [0.4, 0.5) is 11.4 Å². The first-order chi connectivity index (χ1) is 13.8. The van der Waals surface area contributed by atoms with Gasteiger partial charge in [0.2, 0.25) is 10.0 Å². The average Bonchev–Trinajstić information content (AvgIpc) is 2.72. The van der Waals surface area contributed by atoms with Crippen LogP contribution in [0.1, 0.15) is 12.0 Å². The lowest BCUT2D eigenvalue weighted by Crippen LogP contribution is -2.47. The maximum atomic E-state index is 12.3. The minimum atomic E-state index is -3.75. The molecule has 1 aliphatic rings. The number of hydrogen-bond acceptors (Lipinski definition) is 6. The predicted octanol–water partition coefficient (Wildman–Crippen LogP) is 2.39. The van der Waals surface area contributed by atoms with E-state index in [1.165, 1.54) is 29.4 Å². The summed E-state index contributed by atoms with van der Waals surface area (Å²) in [6, 6.07) is 13.6. The Bertz CT molecular complexity index is 956. The monoisotopic (exact) mass is 418 g/mol. The number of non-ortho nitro benzene ring substituents is 1. The molecule has 0 amide bonds. The summed E-state index contributed by atoms with van der Waals surface area (Å²) in [4.78, 5) is 14.8. The van der Waals surface area contributed by atoms with Gasteiger partial charge >= 0.3 is 0 Å². The van der Waals surface area contributed by atoms with E-state index in [0.717, 1.165) is 38.8 Å². The molecule has 0 unspecified atom stereocenters. The number of benzene rings is 2. The summed E-state index contributed by atoms with van der Waals surface area (Å²) < 4.78 is 27.2. The first kappa shape index (κ1) is 21.2. The van der Waals surface area contributed by atoms with Crippen LogP contribution >= 0.6 is 0 Å². The van der Waals surface area contributed by atoms with Gasteiger partial charge in [-0.05, 0) is 43.7 Å². The molecule has 2 aromatic carbocycles. The van der Waals surface area contributed by atoms with E-state index in [4.69, 9.17) is 0 Å². The van der Waals surface area contributed by atoms with Crippen molar-refractivity contribution in [1.82, 2.24) is 9.62 Å². The maximum Gasteiger partial charge on any atom is 0.270 e. The lowest BCUT2D eigenvalue weighted by molar-refractivity contribution is -0.385.